The minimum Gasteiger partial charge on any atom is -0.349 e. The fraction of sp³-hybridized carbons (Fsp3) is 0.400. The number of fused-ring (bicyclic) bond motifs is 5. The molecule has 0 spiro atoms. The molecule has 5 rings (SSSR count). The summed E-state index contributed by atoms with van der Waals surface area (Å²) in [7, 11) is 0. The van der Waals surface area contributed by atoms with Crippen molar-refractivity contribution in [3.8, 4) is 0 Å². The molecule has 3 aromatic heterocycles. The van der Waals surface area contributed by atoms with Crippen LogP contribution in [0.15, 0.2) is 30.7 Å². The summed E-state index contributed by atoms with van der Waals surface area (Å²) in [6.07, 6.45) is 6.12. The minimum absolute atomic E-state index is 0.00973. The second-order valence-electron chi connectivity index (χ2n) is 7.13. The molecular weight excluding hydrogens is 359 g/mol. The summed E-state index contributed by atoms with van der Waals surface area (Å²) < 4.78 is 40.0. The van der Waals surface area contributed by atoms with Crippen LogP contribution in [0.1, 0.15) is 57.9 Å². The molecule has 2 aliphatic rings. The summed E-state index contributed by atoms with van der Waals surface area (Å²) in [5, 5.41) is 6.69. The number of hydrogen-bond donors (Lipinski definition) is 1. The van der Waals surface area contributed by atoms with Crippen molar-refractivity contribution in [1.82, 2.24) is 24.9 Å². The molecule has 5 heterocycles. The minimum atomic E-state index is -1.88. The molecule has 0 aromatic carbocycles. The van der Waals surface area contributed by atoms with E-state index in [1.807, 2.05) is 6.07 Å². The molecule has 2 aliphatic heterocycles. The zero-order valence-corrected chi connectivity index (χ0v) is 15.1. The summed E-state index contributed by atoms with van der Waals surface area (Å²) in [6.45, 7) is -0.914. The van der Waals surface area contributed by atoms with E-state index in [-0.39, 0.29) is 24.4 Å². The van der Waals surface area contributed by atoms with Gasteiger partial charge in [0.15, 0.2) is 5.65 Å². The van der Waals surface area contributed by atoms with Crippen LogP contribution in [0.25, 0.3) is 5.65 Å². The number of aromatic nitrogens is 4. The molecule has 2 bridgehead atoms. The van der Waals surface area contributed by atoms with E-state index < -0.39 is 24.6 Å². The topological polar surface area (TPSA) is 75.4 Å². The van der Waals surface area contributed by atoms with Gasteiger partial charge in [-0.2, -0.15) is 5.10 Å². The van der Waals surface area contributed by atoms with Gasteiger partial charge in [0.1, 0.15) is 17.2 Å². The summed E-state index contributed by atoms with van der Waals surface area (Å²) in [6, 6.07) is 1.26. The van der Waals surface area contributed by atoms with Gasteiger partial charge >= 0.3 is 0 Å². The number of rotatable bonds is 0. The van der Waals surface area contributed by atoms with Gasteiger partial charge in [-0.1, -0.05) is 0 Å². The van der Waals surface area contributed by atoms with Crippen molar-refractivity contribution in [2.24, 2.45) is 0 Å². The maximum absolute atomic E-state index is 14.2. The average Bonchev–Trinajstić information content (AvgIpc) is 3.38. The Kier molecular flexibility index (Phi) is 3.28. The number of carbonyl (C=O) groups excluding carboxylic acids is 1. The molecule has 144 valence electrons. The maximum atomic E-state index is 14.2. The van der Waals surface area contributed by atoms with Gasteiger partial charge in [0.25, 0.3) is 5.91 Å². The zero-order valence-electron chi connectivity index (χ0n) is 18.1. The highest BCUT2D eigenvalue weighted by Gasteiger charge is 2.31. The van der Waals surface area contributed by atoms with E-state index in [0.717, 1.165) is 25.6 Å². The normalized spacial score (nSPS) is 26.5. The van der Waals surface area contributed by atoms with Crippen molar-refractivity contribution in [2.45, 2.75) is 44.6 Å². The lowest BCUT2D eigenvalue weighted by Gasteiger charge is -2.27. The van der Waals surface area contributed by atoms with Gasteiger partial charge in [-0.3, -0.25) is 9.78 Å². The summed E-state index contributed by atoms with van der Waals surface area (Å²) in [5.74, 6) is -0.403. The van der Waals surface area contributed by atoms with E-state index in [0.29, 0.717) is 22.7 Å². The number of nitrogens with one attached hydrogen (secondary N) is 1. The summed E-state index contributed by atoms with van der Waals surface area (Å²) >= 11 is 0. The maximum Gasteiger partial charge on any atom is 0.256 e. The highest BCUT2D eigenvalue weighted by atomic mass is 19.1. The average molecular weight is 383 g/mol. The Morgan fingerprint density at radius 1 is 1.39 bits per heavy atom. The Bertz CT molecular complexity index is 1170. The van der Waals surface area contributed by atoms with Crippen molar-refractivity contribution in [3.05, 3.63) is 53.4 Å². The Labute approximate surface area is 165 Å². The Balaban J connectivity index is 1.71. The van der Waals surface area contributed by atoms with Crippen LogP contribution in [0.5, 0.6) is 0 Å². The third kappa shape index (κ3) is 2.80. The van der Waals surface area contributed by atoms with Crippen LogP contribution in [0.4, 0.5) is 10.2 Å². The standard InChI is InChI=1S/C20H21FN6O/c1-12-4-5-16-14(9-13(21)10-22-16)17-3-2-7-26(17)18-6-8-27-19(25-18)15(11-23-27)20(28)24-12/h6,8-12,17H,2-5,7H2,1H3,(H,24,28)/i1D2,12D. The first kappa shape index (κ1) is 14.0. The van der Waals surface area contributed by atoms with Crippen LogP contribution < -0.4 is 10.2 Å². The monoisotopic (exact) mass is 383 g/mol. The molecule has 1 amide bonds. The van der Waals surface area contributed by atoms with Crippen molar-refractivity contribution in [3.63, 3.8) is 0 Å². The number of halogens is 1. The van der Waals surface area contributed by atoms with Crippen LogP contribution in [-0.4, -0.2) is 38.1 Å². The van der Waals surface area contributed by atoms with E-state index in [4.69, 9.17) is 4.11 Å². The lowest BCUT2D eigenvalue weighted by atomic mass is 9.98. The molecule has 2 atom stereocenters. The largest absolute Gasteiger partial charge is 0.349 e. The van der Waals surface area contributed by atoms with Crippen LogP contribution >= 0.6 is 0 Å². The summed E-state index contributed by atoms with van der Waals surface area (Å²) in [5.41, 5.74) is 1.82. The highest BCUT2D eigenvalue weighted by molar-refractivity contribution is 5.99. The fourth-order valence-electron chi connectivity index (χ4n) is 4.05. The van der Waals surface area contributed by atoms with E-state index in [1.165, 1.54) is 16.8 Å². The molecule has 1 fully saturated rings. The van der Waals surface area contributed by atoms with Gasteiger partial charge in [-0.05, 0) is 50.3 Å². The quantitative estimate of drug-likeness (QED) is 0.646. The predicted octanol–water partition coefficient (Wildman–Crippen LogP) is 2.67. The number of hydrogen-bond acceptors (Lipinski definition) is 5. The first-order valence-electron chi connectivity index (χ1n) is 10.9. The van der Waals surface area contributed by atoms with Gasteiger partial charge in [0.2, 0.25) is 0 Å². The molecule has 0 saturated carbocycles. The number of nitrogens with zero attached hydrogens (tertiary/aromatic N) is 5. The molecule has 8 heteroatoms. The summed E-state index contributed by atoms with van der Waals surface area (Å²) in [4.78, 5) is 24.0. The molecule has 0 radical (unpaired) electrons. The van der Waals surface area contributed by atoms with E-state index >= 15 is 0 Å². The lowest BCUT2D eigenvalue weighted by Crippen LogP contribution is -2.33. The smallest absolute Gasteiger partial charge is 0.256 e. The number of anilines is 1. The molecule has 3 aromatic rings. The highest BCUT2D eigenvalue weighted by Crippen LogP contribution is 2.37. The second kappa shape index (κ2) is 6.54. The van der Waals surface area contributed by atoms with Crippen LogP contribution in [-0.2, 0) is 6.42 Å². The Morgan fingerprint density at radius 3 is 3.21 bits per heavy atom. The fourth-order valence-corrected chi connectivity index (χ4v) is 4.05. The third-order valence-corrected chi connectivity index (χ3v) is 5.38. The zero-order chi connectivity index (χ0) is 21.8. The van der Waals surface area contributed by atoms with Gasteiger partial charge in [-0.15, -0.1) is 0 Å². The number of amides is 1. The molecule has 2 unspecified atom stereocenters. The molecule has 1 saturated heterocycles. The van der Waals surface area contributed by atoms with Gasteiger partial charge in [0.05, 0.1) is 19.8 Å². The second-order valence-corrected chi connectivity index (χ2v) is 7.13. The molecule has 7 nitrogen and oxygen atoms in total. The van der Waals surface area contributed by atoms with Crippen molar-refractivity contribution in [2.75, 3.05) is 11.4 Å². The van der Waals surface area contributed by atoms with E-state index in [2.05, 4.69) is 25.3 Å². The Morgan fingerprint density at radius 2 is 2.32 bits per heavy atom. The molecule has 0 aliphatic carbocycles. The third-order valence-electron chi connectivity index (χ3n) is 5.38. The van der Waals surface area contributed by atoms with E-state index in [9.17, 15) is 9.18 Å². The SMILES string of the molecule is [2H]C([2H])C1([2H])CCc2ncc(F)cc2C2CCCN2c2ccn3ncc(c3n2)C(=O)N1. The van der Waals surface area contributed by atoms with Gasteiger partial charge < -0.3 is 10.2 Å². The molecular formula is C20H21FN6O. The van der Waals surface area contributed by atoms with E-state index in [1.54, 1.807) is 6.20 Å². The first-order valence-corrected chi connectivity index (χ1v) is 9.28. The molecule has 1 N–H and O–H groups in total. The number of carbonyl (C=O) groups is 1. The lowest BCUT2D eigenvalue weighted by molar-refractivity contribution is 0.0940. The van der Waals surface area contributed by atoms with Gasteiger partial charge in [-0.25, -0.2) is 13.9 Å². The molecule has 28 heavy (non-hydrogen) atoms. The van der Waals surface area contributed by atoms with Crippen LogP contribution in [0, 0.1) is 5.82 Å². The number of pyridine rings is 1. The number of aryl methyl sites for hydroxylation is 1. The van der Waals surface area contributed by atoms with Crippen molar-refractivity contribution < 1.29 is 13.3 Å². The van der Waals surface area contributed by atoms with Gasteiger partial charge in [0, 0.05) is 27.2 Å². The van der Waals surface area contributed by atoms with Crippen molar-refractivity contribution >= 4 is 17.4 Å². The van der Waals surface area contributed by atoms with Crippen LogP contribution in [0.3, 0.4) is 0 Å². The predicted molar refractivity (Wildman–Crippen MR) is 102 cm³/mol. The first-order chi connectivity index (χ1) is 14.9. The van der Waals surface area contributed by atoms with Crippen molar-refractivity contribution in [1.29, 1.82) is 0 Å². The van der Waals surface area contributed by atoms with Crippen LogP contribution in [0.2, 0.25) is 0 Å². The Hall–Kier alpha value is -3.03.